The van der Waals surface area contributed by atoms with Gasteiger partial charge in [0.15, 0.2) is 0 Å². The summed E-state index contributed by atoms with van der Waals surface area (Å²) in [6.07, 6.45) is 39.6. The van der Waals surface area contributed by atoms with Crippen molar-refractivity contribution in [1.29, 1.82) is 0 Å². The van der Waals surface area contributed by atoms with Crippen molar-refractivity contribution in [1.82, 2.24) is 0 Å². The van der Waals surface area contributed by atoms with Gasteiger partial charge in [0, 0.05) is 19.3 Å². The highest BCUT2D eigenvalue weighted by Gasteiger charge is 2.55. The van der Waals surface area contributed by atoms with Crippen LogP contribution in [0.4, 0.5) is 0 Å². The monoisotopic (exact) mass is 853 g/mol. The van der Waals surface area contributed by atoms with Crippen LogP contribution >= 0.6 is 0 Å². The molecule has 0 aromatic rings. The number of carbonyl (C=O) groups is 4. The molecule has 0 saturated carbocycles. The minimum absolute atomic E-state index is 0.0628. The Hall–Kier alpha value is -2.12. The number of carboxylic acids is 2. The van der Waals surface area contributed by atoms with E-state index < -0.39 is 17.4 Å². The summed E-state index contributed by atoms with van der Waals surface area (Å²) in [4.78, 5) is 48.1. The zero-order chi connectivity index (χ0) is 45.0. The van der Waals surface area contributed by atoms with Crippen molar-refractivity contribution in [2.45, 2.75) is 286 Å². The summed E-state index contributed by atoms with van der Waals surface area (Å²) in [6.45, 7) is 14.5. The molecule has 0 unspecified atom stereocenters. The van der Waals surface area contributed by atoms with Crippen molar-refractivity contribution in [2.24, 2.45) is 10.8 Å². The van der Waals surface area contributed by atoms with Gasteiger partial charge in [-0.25, -0.2) is 0 Å². The van der Waals surface area contributed by atoms with Gasteiger partial charge in [0.1, 0.15) is 0 Å². The van der Waals surface area contributed by atoms with Gasteiger partial charge in [-0.2, -0.15) is 0 Å². The molecule has 356 valence electrons. The maximum absolute atomic E-state index is 15.0. The molecule has 0 bridgehead atoms. The van der Waals surface area contributed by atoms with E-state index in [-0.39, 0.29) is 30.2 Å². The molecule has 0 radical (unpaired) electrons. The van der Waals surface area contributed by atoms with Gasteiger partial charge in [0.2, 0.25) is 0 Å². The predicted octanol–water partition coefficient (Wildman–Crippen LogP) is 16.1. The molecule has 0 fully saturated rings. The molecular formula is C52H100O8. The van der Waals surface area contributed by atoms with E-state index in [1.54, 1.807) is 0 Å². The lowest BCUT2D eigenvalue weighted by atomic mass is 9.53. The van der Waals surface area contributed by atoms with Gasteiger partial charge < -0.3 is 19.7 Å². The molecule has 0 rings (SSSR count). The molecule has 0 spiro atoms. The second kappa shape index (κ2) is 43.5. The van der Waals surface area contributed by atoms with Gasteiger partial charge in [-0.15, -0.1) is 0 Å². The van der Waals surface area contributed by atoms with Crippen LogP contribution in [0.25, 0.3) is 0 Å². The molecule has 0 atom stereocenters. The molecule has 0 aliphatic carbocycles. The summed E-state index contributed by atoms with van der Waals surface area (Å²) >= 11 is 0. The lowest BCUT2D eigenvalue weighted by Crippen LogP contribution is -2.49. The van der Waals surface area contributed by atoms with Gasteiger partial charge in [-0.1, -0.05) is 208 Å². The van der Waals surface area contributed by atoms with Crippen LogP contribution in [-0.4, -0.2) is 47.3 Å². The molecule has 2 N–H and O–H groups in total. The summed E-state index contributed by atoms with van der Waals surface area (Å²) in [5, 5.41) is 16.3. The van der Waals surface area contributed by atoms with E-state index in [9.17, 15) is 19.2 Å². The lowest BCUT2D eigenvalue weighted by molar-refractivity contribution is -0.172. The van der Waals surface area contributed by atoms with Crippen molar-refractivity contribution in [2.75, 3.05) is 13.2 Å². The first kappa shape index (κ1) is 60.0. The van der Waals surface area contributed by atoms with Crippen LogP contribution in [0.3, 0.4) is 0 Å². The standard InChI is InChI=1S/C46H90O4.C6H10O4/c1-7-13-19-23-27-31-36-45(37-32-28-24-20-14-8-2,40-35-43(47)49-41-17-11-5)46(44(48)50-42-18-12-6,38-33-29-25-21-15-9-3)39-34-30-26-22-16-10-4;7-5(8)3-1-2-4-6(9)10/h7-42H2,1-6H3;1-4H2,(H,7,8)(H,9,10). The Kier molecular flexibility index (Phi) is 43.5. The van der Waals surface area contributed by atoms with Crippen molar-refractivity contribution >= 4 is 23.9 Å². The maximum atomic E-state index is 15.0. The number of esters is 2. The van der Waals surface area contributed by atoms with Crippen molar-refractivity contribution in [3.05, 3.63) is 0 Å². The Bertz CT molecular complexity index is 947. The van der Waals surface area contributed by atoms with Crippen LogP contribution < -0.4 is 0 Å². The summed E-state index contributed by atoms with van der Waals surface area (Å²) < 4.78 is 12.2. The van der Waals surface area contributed by atoms with E-state index in [0.29, 0.717) is 32.5 Å². The van der Waals surface area contributed by atoms with Gasteiger partial charge in [0.25, 0.3) is 0 Å². The molecule has 0 aromatic heterocycles. The van der Waals surface area contributed by atoms with E-state index in [1.165, 1.54) is 128 Å². The summed E-state index contributed by atoms with van der Waals surface area (Å²) in [6, 6.07) is 0. The molecule has 0 aromatic carbocycles. The zero-order valence-electron chi connectivity index (χ0n) is 40.6. The van der Waals surface area contributed by atoms with E-state index in [2.05, 4.69) is 41.5 Å². The number of aliphatic carboxylic acids is 2. The van der Waals surface area contributed by atoms with Gasteiger partial charge in [-0.05, 0) is 63.2 Å². The third-order valence-corrected chi connectivity index (χ3v) is 12.7. The quantitative estimate of drug-likeness (QED) is 0.0458. The van der Waals surface area contributed by atoms with Crippen molar-refractivity contribution in [3.8, 4) is 0 Å². The molecule has 8 nitrogen and oxygen atoms in total. The lowest BCUT2D eigenvalue weighted by Gasteiger charge is -2.50. The Morgan fingerprint density at radius 3 is 1.02 bits per heavy atom. The van der Waals surface area contributed by atoms with Crippen LogP contribution in [0, 0.1) is 10.8 Å². The largest absolute Gasteiger partial charge is 0.481 e. The van der Waals surface area contributed by atoms with Crippen LogP contribution in [0.5, 0.6) is 0 Å². The van der Waals surface area contributed by atoms with Gasteiger partial charge in [0.05, 0.1) is 18.6 Å². The fourth-order valence-electron chi connectivity index (χ4n) is 8.81. The number of carboxylic acid groups (broad SMARTS) is 2. The van der Waals surface area contributed by atoms with E-state index in [4.69, 9.17) is 19.7 Å². The number of ether oxygens (including phenoxy) is 2. The second-order valence-corrected chi connectivity index (χ2v) is 18.0. The molecule has 0 aliphatic heterocycles. The topological polar surface area (TPSA) is 127 Å². The molecule has 0 heterocycles. The highest BCUT2D eigenvalue weighted by molar-refractivity contribution is 5.78. The van der Waals surface area contributed by atoms with E-state index >= 15 is 0 Å². The number of rotatable bonds is 44. The highest BCUT2D eigenvalue weighted by atomic mass is 16.5. The first-order valence-corrected chi connectivity index (χ1v) is 25.8. The fraction of sp³-hybridized carbons (Fsp3) is 0.923. The Balaban J connectivity index is 0. The zero-order valence-corrected chi connectivity index (χ0v) is 40.6. The maximum Gasteiger partial charge on any atom is 0.312 e. The molecule has 8 heteroatoms. The average molecular weight is 853 g/mol. The number of unbranched alkanes of at least 4 members (excludes halogenated alkanes) is 23. The Morgan fingerprint density at radius 1 is 0.350 bits per heavy atom. The normalized spacial score (nSPS) is 11.6. The molecule has 0 saturated heterocycles. The van der Waals surface area contributed by atoms with Crippen molar-refractivity contribution < 1.29 is 38.9 Å². The molecule has 0 aliphatic rings. The number of hydrogen-bond acceptors (Lipinski definition) is 6. The van der Waals surface area contributed by atoms with E-state index in [1.807, 2.05) is 0 Å². The molecule has 0 amide bonds. The SMILES string of the molecule is CCCCCCCCC(CCCCCCCC)(CCC(=O)OCCCC)C(CCCCCCCC)(CCCCCCCC)C(=O)OCCCC.O=C(O)CCCCC(=O)O. The number of carbonyl (C=O) groups excluding carboxylic acids is 2. The first-order chi connectivity index (χ1) is 29.1. The van der Waals surface area contributed by atoms with Gasteiger partial charge in [-0.3, -0.25) is 19.2 Å². The minimum atomic E-state index is -0.870. The van der Waals surface area contributed by atoms with Crippen molar-refractivity contribution in [3.63, 3.8) is 0 Å². The van der Waals surface area contributed by atoms with Crippen LogP contribution in [0.15, 0.2) is 0 Å². The van der Waals surface area contributed by atoms with Crippen LogP contribution in [-0.2, 0) is 28.7 Å². The highest BCUT2D eigenvalue weighted by Crippen LogP contribution is 2.57. The minimum Gasteiger partial charge on any atom is -0.481 e. The van der Waals surface area contributed by atoms with Crippen LogP contribution in [0.1, 0.15) is 286 Å². The molecule has 60 heavy (non-hydrogen) atoms. The van der Waals surface area contributed by atoms with E-state index in [0.717, 1.165) is 83.5 Å². The third kappa shape index (κ3) is 32.6. The third-order valence-electron chi connectivity index (χ3n) is 12.7. The second-order valence-electron chi connectivity index (χ2n) is 18.0. The predicted molar refractivity (Wildman–Crippen MR) is 252 cm³/mol. The average Bonchev–Trinajstić information content (AvgIpc) is 3.23. The Labute approximate surface area is 371 Å². The number of hydrogen-bond donors (Lipinski definition) is 2. The molecular weight excluding hydrogens is 753 g/mol. The summed E-state index contributed by atoms with van der Waals surface area (Å²) in [5.74, 6) is -1.73. The fourth-order valence-corrected chi connectivity index (χ4v) is 8.81. The smallest absolute Gasteiger partial charge is 0.312 e. The van der Waals surface area contributed by atoms with Crippen LogP contribution in [0.2, 0.25) is 0 Å². The first-order valence-electron chi connectivity index (χ1n) is 25.8. The summed E-state index contributed by atoms with van der Waals surface area (Å²) in [5.41, 5.74) is -0.769. The Morgan fingerprint density at radius 2 is 0.667 bits per heavy atom. The summed E-state index contributed by atoms with van der Waals surface area (Å²) in [7, 11) is 0. The van der Waals surface area contributed by atoms with Gasteiger partial charge >= 0.3 is 23.9 Å².